The number of nitrogens with zero attached hydrogens (tertiary/aromatic N) is 2. The molecule has 1 N–H and O–H groups in total. The first-order chi connectivity index (χ1) is 14.0. The minimum Gasteiger partial charge on any atom is -0.339 e. The van der Waals surface area contributed by atoms with Gasteiger partial charge in [-0.15, -0.1) is 0 Å². The van der Waals surface area contributed by atoms with Crippen molar-refractivity contribution in [1.29, 1.82) is 0 Å². The molecule has 0 aliphatic carbocycles. The first-order valence-corrected chi connectivity index (χ1v) is 10.6. The summed E-state index contributed by atoms with van der Waals surface area (Å²) < 4.78 is 0. The lowest BCUT2D eigenvalue weighted by molar-refractivity contribution is -0.121. The van der Waals surface area contributed by atoms with Gasteiger partial charge in [0.1, 0.15) is 0 Å². The molecule has 4 rings (SSSR count). The third-order valence-electron chi connectivity index (χ3n) is 5.45. The zero-order valence-electron chi connectivity index (χ0n) is 16.5. The second-order valence-electron chi connectivity index (χ2n) is 7.10. The molecule has 0 aromatic heterocycles. The van der Waals surface area contributed by atoms with Gasteiger partial charge >= 0.3 is 0 Å². The summed E-state index contributed by atoms with van der Waals surface area (Å²) in [6.45, 7) is 5.13. The minimum atomic E-state index is -0.973. The molecule has 0 spiro atoms. The lowest BCUT2D eigenvalue weighted by atomic mass is 10.1. The monoisotopic (exact) mass is 409 g/mol. The van der Waals surface area contributed by atoms with Gasteiger partial charge in [-0.3, -0.25) is 19.3 Å². The smallest absolute Gasteiger partial charge is 0.261 e. The summed E-state index contributed by atoms with van der Waals surface area (Å²) in [5.41, 5.74) is 1.88. The fourth-order valence-corrected chi connectivity index (χ4v) is 5.36. The fraction of sp³-hybridized carbons (Fsp3) is 0.318. The summed E-state index contributed by atoms with van der Waals surface area (Å²) in [5.74, 6) is -0.343. The molecular weight excluding hydrogens is 386 g/mol. The Kier molecular flexibility index (Phi) is 5.08. The number of para-hydroxylation sites is 1. The largest absolute Gasteiger partial charge is 0.339 e. The van der Waals surface area contributed by atoms with E-state index in [-0.39, 0.29) is 17.7 Å². The number of thioether (sulfide) groups is 1. The Morgan fingerprint density at radius 2 is 1.90 bits per heavy atom. The highest BCUT2D eigenvalue weighted by Gasteiger charge is 2.57. The average molecular weight is 410 g/mol. The van der Waals surface area contributed by atoms with E-state index in [0.29, 0.717) is 37.2 Å². The molecule has 1 saturated heterocycles. The molecule has 7 heteroatoms. The van der Waals surface area contributed by atoms with Crippen LogP contribution in [0, 0.1) is 0 Å². The standard InChI is InChI=1S/C22H23N3O3S/c1-3-24(4-2)20(27)15-8-7-9-16(14-15)23-21(28)22-13-12-19(26)25(22)17-10-5-6-11-18(17)29-22/h5-11,14H,3-4,12-13H2,1-2H3,(H,23,28). The number of carbonyl (C=O) groups excluding carboxylic acids is 3. The molecule has 1 atom stereocenters. The van der Waals surface area contributed by atoms with E-state index in [4.69, 9.17) is 0 Å². The summed E-state index contributed by atoms with van der Waals surface area (Å²) >= 11 is 1.43. The van der Waals surface area contributed by atoms with Crippen molar-refractivity contribution >= 4 is 40.9 Å². The zero-order valence-corrected chi connectivity index (χ0v) is 17.3. The van der Waals surface area contributed by atoms with E-state index in [2.05, 4.69) is 5.32 Å². The van der Waals surface area contributed by atoms with Gasteiger partial charge in [-0.2, -0.15) is 0 Å². The predicted octanol–water partition coefficient (Wildman–Crippen LogP) is 3.74. The highest BCUT2D eigenvalue weighted by molar-refractivity contribution is 8.02. The summed E-state index contributed by atoms with van der Waals surface area (Å²) in [5, 5.41) is 2.95. The molecule has 2 aromatic rings. The third kappa shape index (κ3) is 3.19. The van der Waals surface area contributed by atoms with E-state index < -0.39 is 4.87 Å². The Morgan fingerprint density at radius 1 is 1.14 bits per heavy atom. The van der Waals surface area contributed by atoms with Crippen LogP contribution in [0.5, 0.6) is 0 Å². The molecule has 2 aliphatic heterocycles. The van der Waals surface area contributed by atoms with Gasteiger partial charge in [0.05, 0.1) is 5.69 Å². The Bertz CT molecular complexity index is 989. The van der Waals surface area contributed by atoms with Crippen LogP contribution in [-0.4, -0.2) is 40.6 Å². The number of fused-ring (bicyclic) bond motifs is 3. The molecule has 29 heavy (non-hydrogen) atoms. The summed E-state index contributed by atoms with van der Waals surface area (Å²) in [7, 11) is 0. The van der Waals surface area contributed by atoms with E-state index in [1.54, 1.807) is 34.1 Å². The van der Waals surface area contributed by atoms with Gasteiger partial charge in [0.25, 0.3) is 11.8 Å². The summed E-state index contributed by atoms with van der Waals surface area (Å²) in [4.78, 5) is 41.8. The second-order valence-corrected chi connectivity index (χ2v) is 8.42. The highest BCUT2D eigenvalue weighted by atomic mass is 32.2. The maximum atomic E-state index is 13.3. The van der Waals surface area contributed by atoms with Crippen LogP contribution < -0.4 is 10.2 Å². The number of anilines is 2. The number of nitrogens with one attached hydrogen (secondary N) is 1. The topological polar surface area (TPSA) is 69.7 Å². The maximum Gasteiger partial charge on any atom is 0.261 e. The number of amides is 3. The Balaban J connectivity index is 1.60. The molecule has 1 unspecified atom stereocenters. The third-order valence-corrected chi connectivity index (χ3v) is 6.92. The van der Waals surface area contributed by atoms with Gasteiger partial charge in [0.2, 0.25) is 5.91 Å². The molecular formula is C22H23N3O3S. The Labute approximate surface area is 174 Å². The average Bonchev–Trinajstić information content (AvgIpc) is 3.25. The normalized spacial score (nSPS) is 19.7. The van der Waals surface area contributed by atoms with E-state index in [1.165, 1.54) is 11.8 Å². The molecule has 0 radical (unpaired) electrons. The van der Waals surface area contributed by atoms with E-state index in [1.807, 2.05) is 38.1 Å². The van der Waals surface area contributed by atoms with Crippen molar-refractivity contribution in [3.05, 3.63) is 54.1 Å². The van der Waals surface area contributed by atoms with Gasteiger partial charge in [0.15, 0.2) is 4.87 Å². The van der Waals surface area contributed by atoms with Crippen LogP contribution in [0.3, 0.4) is 0 Å². The van der Waals surface area contributed by atoms with Crippen molar-refractivity contribution in [2.45, 2.75) is 36.5 Å². The number of rotatable bonds is 5. The maximum absolute atomic E-state index is 13.3. The molecule has 6 nitrogen and oxygen atoms in total. The molecule has 0 saturated carbocycles. The van der Waals surface area contributed by atoms with Gasteiger partial charge < -0.3 is 10.2 Å². The van der Waals surface area contributed by atoms with E-state index >= 15 is 0 Å². The van der Waals surface area contributed by atoms with Crippen LogP contribution in [0.15, 0.2) is 53.4 Å². The predicted molar refractivity (Wildman–Crippen MR) is 114 cm³/mol. The van der Waals surface area contributed by atoms with Crippen LogP contribution in [0.4, 0.5) is 11.4 Å². The summed E-state index contributed by atoms with van der Waals surface area (Å²) in [6.07, 6.45) is 0.796. The SMILES string of the molecule is CCN(CC)C(=O)c1cccc(NC(=O)C23CCC(=O)N2c2ccccc2S3)c1. The molecule has 150 valence electrons. The van der Waals surface area contributed by atoms with Crippen LogP contribution >= 0.6 is 11.8 Å². The zero-order chi connectivity index (χ0) is 20.6. The first kappa shape index (κ1) is 19.5. The number of hydrogen-bond acceptors (Lipinski definition) is 4. The number of benzene rings is 2. The van der Waals surface area contributed by atoms with Crippen LogP contribution in [0.1, 0.15) is 37.0 Å². The van der Waals surface area contributed by atoms with Crippen LogP contribution in [0.25, 0.3) is 0 Å². The van der Waals surface area contributed by atoms with E-state index in [0.717, 1.165) is 10.6 Å². The molecule has 3 amide bonds. The quantitative estimate of drug-likeness (QED) is 0.817. The van der Waals surface area contributed by atoms with Crippen molar-refractivity contribution < 1.29 is 14.4 Å². The van der Waals surface area contributed by atoms with Crippen molar-refractivity contribution in [2.75, 3.05) is 23.3 Å². The highest BCUT2D eigenvalue weighted by Crippen LogP contribution is 2.56. The van der Waals surface area contributed by atoms with Gasteiger partial charge in [-0.1, -0.05) is 30.0 Å². The summed E-state index contributed by atoms with van der Waals surface area (Å²) in [6, 6.07) is 14.6. The van der Waals surface area contributed by atoms with Crippen molar-refractivity contribution in [1.82, 2.24) is 4.90 Å². The molecule has 2 aromatic carbocycles. The molecule has 2 heterocycles. The first-order valence-electron chi connectivity index (χ1n) is 9.82. The molecule has 2 aliphatic rings. The minimum absolute atomic E-state index is 0.0388. The van der Waals surface area contributed by atoms with Crippen molar-refractivity contribution in [2.24, 2.45) is 0 Å². The van der Waals surface area contributed by atoms with Gasteiger partial charge in [-0.25, -0.2) is 0 Å². The van der Waals surface area contributed by atoms with Crippen molar-refractivity contribution in [3.63, 3.8) is 0 Å². The lowest BCUT2D eigenvalue weighted by Gasteiger charge is -2.29. The van der Waals surface area contributed by atoms with Gasteiger partial charge in [-0.05, 0) is 50.6 Å². The fourth-order valence-electron chi connectivity index (χ4n) is 3.95. The number of hydrogen-bond donors (Lipinski definition) is 1. The molecule has 0 bridgehead atoms. The Morgan fingerprint density at radius 3 is 2.66 bits per heavy atom. The van der Waals surface area contributed by atoms with Crippen molar-refractivity contribution in [3.8, 4) is 0 Å². The lowest BCUT2D eigenvalue weighted by Crippen LogP contribution is -2.49. The second kappa shape index (κ2) is 7.55. The van der Waals surface area contributed by atoms with Crippen LogP contribution in [0.2, 0.25) is 0 Å². The van der Waals surface area contributed by atoms with Crippen LogP contribution in [-0.2, 0) is 9.59 Å². The van der Waals surface area contributed by atoms with E-state index in [9.17, 15) is 14.4 Å². The van der Waals surface area contributed by atoms with Gasteiger partial charge in [0, 0.05) is 35.7 Å². The molecule has 1 fully saturated rings. The Hall–Kier alpha value is -2.80. The number of carbonyl (C=O) groups is 3.